The minimum atomic E-state index is 0.0448. The van der Waals surface area contributed by atoms with E-state index in [1.165, 1.54) is 0 Å². The number of nitrogens with zero attached hydrogens (tertiary/aromatic N) is 1. The van der Waals surface area contributed by atoms with E-state index in [1.807, 2.05) is 24.0 Å². The van der Waals surface area contributed by atoms with E-state index in [9.17, 15) is 9.59 Å². The van der Waals surface area contributed by atoms with Gasteiger partial charge >= 0.3 is 0 Å². The lowest BCUT2D eigenvalue weighted by Gasteiger charge is -2.28. The third kappa shape index (κ3) is 2.05. The molecular weight excluding hydrogens is 204 g/mol. The van der Waals surface area contributed by atoms with E-state index >= 15 is 0 Å². The van der Waals surface area contributed by atoms with Gasteiger partial charge in [-0.05, 0) is 30.7 Å². The molecule has 1 aliphatic rings. The molecule has 0 aliphatic carbocycles. The van der Waals surface area contributed by atoms with Gasteiger partial charge < -0.3 is 10.2 Å². The molecule has 4 nitrogen and oxygen atoms in total. The van der Waals surface area contributed by atoms with Gasteiger partial charge in [-0.25, -0.2) is 0 Å². The van der Waals surface area contributed by atoms with Crippen LogP contribution in [0.3, 0.4) is 0 Å². The van der Waals surface area contributed by atoms with Crippen LogP contribution in [-0.2, 0) is 4.79 Å². The van der Waals surface area contributed by atoms with E-state index in [0.29, 0.717) is 18.7 Å². The van der Waals surface area contributed by atoms with Crippen molar-refractivity contribution < 1.29 is 9.59 Å². The molecule has 1 saturated heterocycles. The zero-order chi connectivity index (χ0) is 11.5. The van der Waals surface area contributed by atoms with E-state index in [4.69, 9.17) is 0 Å². The Morgan fingerprint density at radius 2 is 2.25 bits per heavy atom. The number of hydrogen-bond donors (Lipinski definition) is 1. The van der Waals surface area contributed by atoms with Crippen molar-refractivity contribution in [2.75, 3.05) is 24.5 Å². The molecule has 0 radical (unpaired) electrons. The maximum Gasteiger partial charge on any atom is 0.239 e. The number of amides is 1. The lowest BCUT2D eigenvalue weighted by Crippen LogP contribution is -2.47. The molecule has 0 aromatic heterocycles. The summed E-state index contributed by atoms with van der Waals surface area (Å²) in [6.07, 6.45) is 0.849. The van der Waals surface area contributed by atoms with Crippen LogP contribution in [0.4, 0.5) is 5.69 Å². The van der Waals surface area contributed by atoms with Crippen molar-refractivity contribution in [3.05, 3.63) is 29.3 Å². The molecule has 0 unspecified atom stereocenters. The Bertz CT molecular complexity index is 429. The van der Waals surface area contributed by atoms with Crippen LogP contribution in [0.25, 0.3) is 0 Å². The molecule has 1 N–H and O–H groups in total. The number of aldehydes is 1. The number of benzene rings is 1. The second kappa shape index (κ2) is 4.35. The van der Waals surface area contributed by atoms with E-state index in [2.05, 4.69) is 5.32 Å². The van der Waals surface area contributed by atoms with Crippen molar-refractivity contribution in [2.45, 2.75) is 6.92 Å². The van der Waals surface area contributed by atoms with Gasteiger partial charge in [-0.3, -0.25) is 9.59 Å². The van der Waals surface area contributed by atoms with E-state index in [0.717, 1.165) is 24.1 Å². The summed E-state index contributed by atoms with van der Waals surface area (Å²) in [7, 11) is 0. The Hall–Kier alpha value is -1.84. The molecule has 84 valence electrons. The molecule has 4 heteroatoms. The van der Waals surface area contributed by atoms with Crippen LogP contribution in [0, 0.1) is 6.92 Å². The Kier molecular flexibility index (Phi) is 2.90. The first-order valence-corrected chi connectivity index (χ1v) is 5.28. The number of hydrogen-bond acceptors (Lipinski definition) is 3. The first-order chi connectivity index (χ1) is 7.70. The van der Waals surface area contributed by atoms with Gasteiger partial charge in [-0.2, -0.15) is 0 Å². The monoisotopic (exact) mass is 218 g/mol. The molecule has 1 aromatic rings. The lowest BCUT2D eigenvalue weighted by atomic mass is 10.1. The number of nitrogens with one attached hydrogen (secondary N) is 1. The molecule has 0 bridgehead atoms. The smallest absolute Gasteiger partial charge is 0.239 e. The fourth-order valence-corrected chi connectivity index (χ4v) is 1.85. The van der Waals surface area contributed by atoms with E-state index in [1.54, 1.807) is 6.07 Å². The molecule has 1 aromatic carbocycles. The van der Waals surface area contributed by atoms with Crippen LogP contribution in [0.1, 0.15) is 15.9 Å². The topological polar surface area (TPSA) is 49.4 Å². The van der Waals surface area contributed by atoms with Crippen LogP contribution < -0.4 is 10.2 Å². The third-order valence-electron chi connectivity index (χ3n) is 2.78. The number of aryl methyl sites for hydroxylation is 1. The molecule has 1 aliphatic heterocycles. The molecule has 2 rings (SSSR count). The van der Waals surface area contributed by atoms with Crippen molar-refractivity contribution in [1.29, 1.82) is 0 Å². The van der Waals surface area contributed by atoms with Crippen LogP contribution in [-0.4, -0.2) is 31.8 Å². The number of carbonyl (C=O) groups is 2. The minimum Gasteiger partial charge on any atom is -0.360 e. The summed E-state index contributed by atoms with van der Waals surface area (Å²) in [4.78, 5) is 23.9. The standard InChI is InChI=1S/C12H14N2O2/c1-9-6-11(3-2-10(9)8-15)14-5-4-13-12(16)7-14/h2-3,6,8H,4-5,7H2,1H3,(H,13,16). The molecular formula is C12H14N2O2. The summed E-state index contributed by atoms with van der Waals surface area (Å²) in [6, 6.07) is 5.63. The zero-order valence-electron chi connectivity index (χ0n) is 9.19. The summed E-state index contributed by atoms with van der Waals surface area (Å²) in [5.74, 6) is 0.0448. The Labute approximate surface area is 94.2 Å². The first-order valence-electron chi connectivity index (χ1n) is 5.28. The van der Waals surface area contributed by atoms with Crippen LogP contribution in [0.5, 0.6) is 0 Å². The summed E-state index contributed by atoms with van der Waals surface area (Å²) >= 11 is 0. The largest absolute Gasteiger partial charge is 0.360 e. The van der Waals surface area contributed by atoms with Gasteiger partial charge in [0.15, 0.2) is 0 Å². The minimum absolute atomic E-state index is 0.0448. The lowest BCUT2D eigenvalue weighted by molar-refractivity contribution is -0.120. The first kappa shape index (κ1) is 10.7. The third-order valence-corrected chi connectivity index (χ3v) is 2.78. The molecule has 1 heterocycles. The van der Waals surface area contributed by atoms with Crippen molar-refractivity contribution in [3.63, 3.8) is 0 Å². The van der Waals surface area contributed by atoms with Gasteiger partial charge in [0.25, 0.3) is 0 Å². The Morgan fingerprint density at radius 3 is 2.88 bits per heavy atom. The molecule has 1 fully saturated rings. The van der Waals surface area contributed by atoms with Gasteiger partial charge in [-0.15, -0.1) is 0 Å². The van der Waals surface area contributed by atoms with Gasteiger partial charge in [0.05, 0.1) is 6.54 Å². The average Bonchev–Trinajstić information content (AvgIpc) is 2.29. The van der Waals surface area contributed by atoms with Crippen LogP contribution in [0.15, 0.2) is 18.2 Å². The maximum absolute atomic E-state index is 11.2. The molecule has 1 amide bonds. The number of carbonyl (C=O) groups excluding carboxylic acids is 2. The molecule has 0 atom stereocenters. The summed E-state index contributed by atoms with van der Waals surface area (Å²) in [5, 5.41) is 2.78. The number of anilines is 1. The van der Waals surface area contributed by atoms with Crippen LogP contribution >= 0.6 is 0 Å². The van der Waals surface area contributed by atoms with Crippen molar-refractivity contribution in [2.24, 2.45) is 0 Å². The van der Waals surface area contributed by atoms with Crippen molar-refractivity contribution in [1.82, 2.24) is 5.32 Å². The highest BCUT2D eigenvalue weighted by atomic mass is 16.2. The molecule has 16 heavy (non-hydrogen) atoms. The van der Waals surface area contributed by atoms with E-state index < -0.39 is 0 Å². The van der Waals surface area contributed by atoms with Crippen molar-refractivity contribution >= 4 is 17.9 Å². The highest BCUT2D eigenvalue weighted by Gasteiger charge is 2.16. The van der Waals surface area contributed by atoms with Crippen LogP contribution in [0.2, 0.25) is 0 Å². The zero-order valence-corrected chi connectivity index (χ0v) is 9.19. The fourth-order valence-electron chi connectivity index (χ4n) is 1.85. The van der Waals surface area contributed by atoms with Gasteiger partial charge in [-0.1, -0.05) is 0 Å². The summed E-state index contributed by atoms with van der Waals surface area (Å²) < 4.78 is 0. The Morgan fingerprint density at radius 1 is 1.44 bits per heavy atom. The van der Waals surface area contributed by atoms with Gasteiger partial charge in [0.2, 0.25) is 5.91 Å². The quantitative estimate of drug-likeness (QED) is 0.745. The fraction of sp³-hybridized carbons (Fsp3) is 0.333. The second-order valence-corrected chi connectivity index (χ2v) is 3.93. The van der Waals surface area contributed by atoms with Gasteiger partial charge in [0, 0.05) is 24.3 Å². The normalized spacial score (nSPS) is 15.8. The Balaban J connectivity index is 2.23. The highest BCUT2D eigenvalue weighted by molar-refractivity contribution is 5.83. The van der Waals surface area contributed by atoms with Gasteiger partial charge in [0.1, 0.15) is 6.29 Å². The average molecular weight is 218 g/mol. The maximum atomic E-state index is 11.2. The SMILES string of the molecule is Cc1cc(N2CCNC(=O)C2)ccc1C=O. The summed E-state index contributed by atoms with van der Waals surface area (Å²) in [6.45, 7) is 3.77. The second-order valence-electron chi connectivity index (χ2n) is 3.93. The highest BCUT2D eigenvalue weighted by Crippen LogP contribution is 2.18. The van der Waals surface area contributed by atoms with Crippen molar-refractivity contribution in [3.8, 4) is 0 Å². The predicted molar refractivity (Wildman–Crippen MR) is 61.8 cm³/mol. The molecule has 0 spiro atoms. The predicted octanol–water partition coefficient (Wildman–Crippen LogP) is 0.744. The molecule has 0 saturated carbocycles. The number of piperazine rings is 1. The summed E-state index contributed by atoms with van der Waals surface area (Å²) in [5.41, 5.74) is 2.64. The number of rotatable bonds is 2. The van der Waals surface area contributed by atoms with E-state index in [-0.39, 0.29) is 5.91 Å².